The van der Waals surface area contributed by atoms with E-state index >= 15 is 0 Å². The van der Waals surface area contributed by atoms with Gasteiger partial charge in [0.1, 0.15) is 0 Å². The topological polar surface area (TPSA) is 22.0 Å². The summed E-state index contributed by atoms with van der Waals surface area (Å²) in [5, 5.41) is 0.985. The van der Waals surface area contributed by atoms with Gasteiger partial charge in [0, 0.05) is 36.4 Å². The summed E-state index contributed by atoms with van der Waals surface area (Å²) in [6.45, 7) is 3.11. The van der Waals surface area contributed by atoms with Crippen LogP contribution in [0.15, 0.2) is 29.3 Å². The molecule has 1 heterocycles. The lowest BCUT2D eigenvalue weighted by atomic mass is 10.2. The SMILES string of the molecule is CC(CBr)Cn1ccc(=O)cc1. The van der Waals surface area contributed by atoms with Gasteiger partial charge in [-0.15, -0.1) is 0 Å². The van der Waals surface area contributed by atoms with Gasteiger partial charge in [0.2, 0.25) is 0 Å². The van der Waals surface area contributed by atoms with Crippen molar-refractivity contribution in [1.29, 1.82) is 0 Å². The summed E-state index contributed by atoms with van der Waals surface area (Å²) in [7, 11) is 0. The normalized spacial score (nSPS) is 12.8. The highest BCUT2D eigenvalue weighted by molar-refractivity contribution is 9.09. The van der Waals surface area contributed by atoms with Crippen molar-refractivity contribution in [2.24, 2.45) is 5.92 Å². The quantitative estimate of drug-likeness (QED) is 0.726. The summed E-state index contributed by atoms with van der Waals surface area (Å²) in [6, 6.07) is 3.17. The van der Waals surface area contributed by atoms with Gasteiger partial charge in [-0.25, -0.2) is 0 Å². The van der Waals surface area contributed by atoms with Gasteiger partial charge in [0.25, 0.3) is 0 Å². The highest BCUT2D eigenvalue weighted by Gasteiger charge is 1.98. The summed E-state index contributed by atoms with van der Waals surface area (Å²) < 4.78 is 2.02. The van der Waals surface area contributed by atoms with Gasteiger partial charge >= 0.3 is 0 Å². The molecule has 0 fully saturated rings. The molecule has 1 atom stereocenters. The zero-order valence-electron chi connectivity index (χ0n) is 7.03. The number of nitrogens with zero attached hydrogens (tertiary/aromatic N) is 1. The maximum Gasteiger partial charge on any atom is 0.181 e. The minimum Gasteiger partial charge on any atom is -0.354 e. The number of hydrogen-bond donors (Lipinski definition) is 0. The Balaban J connectivity index is 2.64. The smallest absolute Gasteiger partial charge is 0.181 e. The Morgan fingerprint density at radius 2 is 2.08 bits per heavy atom. The van der Waals surface area contributed by atoms with Crippen molar-refractivity contribution in [2.75, 3.05) is 5.33 Å². The van der Waals surface area contributed by atoms with Gasteiger partial charge in [-0.05, 0) is 5.92 Å². The third-order valence-electron chi connectivity index (χ3n) is 1.65. The van der Waals surface area contributed by atoms with Crippen molar-refractivity contribution in [3.63, 3.8) is 0 Å². The van der Waals surface area contributed by atoms with Crippen LogP contribution in [0.3, 0.4) is 0 Å². The molecule has 0 N–H and O–H groups in total. The van der Waals surface area contributed by atoms with Crippen LogP contribution in [0, 0.1) is 5.92 Å². The number of alkyl halides is 1. The van der Waals surface area contributed by atoms with E-state index in [2.05, 4.69) is 22.9 Å². The first kappa shape index (κ1) is 9.52. The van der Waals surface area contributed by atoms with Crippen molar-refractivity contribution in [3.8, 4) is 0 Å². The molecule has 0 saturated heterocycles. The Bertz CT molecular complexity index is 274. The number of pyridine rings is 1. The Morgan fingerprint density at radius 1 is 1.50 bits per heavy atom. The van der Waals surface area contributed by atoms with Gasteiger partial charge < -0.3 is 4.57 Å². The molecule has 0 spiro atoms. The second-order valence-corrected chi connectivity index (χ2v) is 3.64. The van der Waals surface area contributed by atoms with E-state index in [1.807, 2.05) is 17.0 Å². The fourth-order valence-electron chi connectivity index (χ4n) is 0.974. The van der Waals surface area contributed by atoms with Crippen LogP contribution in [0.4, 0.5) is 0 Å². The maximum absolute atomic E-state index is 10.8. The second kappa shape index (κ2) is 4.45. The Morgan fingerprint density at radius 3 is 2.58 bits per heavy atom. The molecule has 0 aliphatic heterocycles. The van der Waals surface area contributed by atoms with Crippen LogP contribution in [0.25, 0.3) is 0 Å². The lowest BCUT2D eigenvalue weighted by Crippen LogP contribution is -2.10. The first-order chi connectivity index (χ1) is 5.72. The van der Waals surface area contributed by atoms with Gasteiger partial charge in [-0.2, -0.15) is 0 Å². The van der Waals surface area contributed by atoms with Gasteiger partial charge in [0.05, 0.1) is 0 Å². The first-order valence-electron chi connectivity index (χ1n) is 3.94. The third kappa shape index (κ3) is 2.81. The lowest BCUT2D eigenvalue weighted by molar-refractivity contribution is 0.531. The van der Waals surface area contributed by atoms with Crippen LogP contribution in [-0.2, 0) is 6.54 Å². The van der Waals surface area contributed by atoms with E-state index < -0.39 is 0 Å². The summed E-state index contributed by atoms with van der Waals surface area (Å²) in [4.78, 5) is 10.8. The molecule has 0 amide bonds. The van der Waals surface area contributed by atoms with Crippen molar-refractivity contribution in [1.82, 2.24) is 4.57 Å². The van der Waals surface area contributed by atoms with Crippen LogP contribution < -0.4 is 5.43 Å². The Labute approximate surface area is 80.3 Å². The largest absolute Gasteiger partial charge is 0.354 e. The molecule has 1 aromatic heterocycles. The van der Waals surface area contributed by atoms with Crippen molar-refractivity contribution >= 4 is 15.9 Å². The standard InChI is InChI=1S/C9H12BrNO/c1-8(6-10)7-11-4-2-9(12)3-5-11/h2-5,8H,6-7H2,1H3. The lowest BCUT2D eigenvalue weighted by Gasteiger charge is -2.09. The molecule has 66 valence electrons. The van der Waals surface area contributed by atoms with Crippen LogP contribution >= 0.6 is 15.9 Å². The number of halogens is 1. The van der Waals surface area contributed by atoms with Crippen molar-refractivity contribution in [3.05, 3.63) is 34.7 Å². The fourth-order valence-corrected chi connectivity index (χ4v) is 1.18. The molecule has 1 unspecified atom stereocenters. The van der Waals surface area contributed by atoms with Crippen LogP contribution in [0.2, 0.25) is 0 Å². The monoisotopic (exact) mass is 229 g/mol. The zero-order valence-corrected chi connectivity index (χ0v) is 8.62. The average molecular weight is 230 g/mol. The van der Waals surface area contributed by atoms with Crippen LogP contribution in [-0.4, -0.2) is 9.90 Å². The molecule has 1 rings (SSSR count). The zero-order chi connectivity index (χ0) is 8.97. The Kier molecular flexibility index (Phi) is 3.53. The molecule has 12 heavy (non-hydrogen) atoms. The molecule has 0 aliphatic rings. The Hall–Kier alpha value is -0.570. The predicted molar refractivity (Wildman–Crippen MR) is 53.7 cm³/mol. The molecule has 0 bridgehead atoms. The van der Waals surface area contributed by atoms with Gasteiger partial charge in [-0.3, -0.25) is 4.79 Å². The maximum atomic E-state index is 10.8. The molecule has 0 radical (unpaired) electrons. The summed E-state index contributed by atoms with van der Waals surface area (Å²) in [5.74, 6) is 0.590. The fraction of sp³-hybridized carbons (Fsp3) is 0.444. The van der Waals surface area contributed by atoms with E-state index in [1.165, 1.54) is 0 Å². The highest BCUT2D eigenvalue weighted by Crippen LogP contribution is 2.02. The molecule has 0 saturated carbocycles. The molecule has 0 aliphatic carbocycles. The minimum absolute atomic E-state index is 0.0674. The molecule has 2 nitrogen and oxygen atoms in total. The first-order valence-corrected chi connectivity index (χ1v) is 5.06. The van der Waals surface area contributed by atoms with Crippen molar-refractivity contribution in [2.45, 2.75) is 13.5 Å². The van der Waals surface area contributed by atoms with E-state index in [4.69, 9.17) is 0 Å². The summed E-state index contributed by atoms with van der Waals surface area (Å²) in [6.07, 6.45) is 3.64. The van der Waals surface area contributed by atoms with E-state index in [0.29, 0.717) is 5.92 Å². The van der Waals surface area contributed by atoms with Crippen molar-refractivity contribution < 1.29 is 0 Å². The number of aromatic nitrogens is 1. The van der Waals surface area contributed by atoms with E-state index in [1.54, 1.807) is 12.1 Å². The molecular formula is C9H12BrNO. The third-order valence-corrected chi connectivity index (χ3v) is 2.75. The summed E-state index contributed by atoms with van der Waals surface area (Å²) in [5.41, 5.74) is 0.0674. The molecule has 1 aromatic rings. The number of rotatable bonds is 3. The molecular weight excluding hydrogens is 218 g/mol. The van der Waals surface area contributed by atoms with Crippen LogP contribution in [0.5, 0.6) is 0 Å². The predicted octanol–water partition coefficient (Wildman–Crippen LogP) is 1.88. The highest BCUT2D eigenvalue weighted by atomic mass is 79.9. The molecule has 0 aromatic carbocycles. The number of hydrogen-bond acceptors (Lipinski definition) is 1. The van der Waals surface area contributed by atoms with E-state index in [0.717, 1.165) is 11.9 Å². The minimum atomic E-state index is 0.0674. The van der Waals surface area contributed by atoms with Gasteiger partial charge in [0.15, 0.2) is 5.43 Å². The van der Waals surface area contributed by atoms with Crippen LogP contribution in [0.1, 0.15) is 6.92 Å². The summed E-state index contributed by atoms with van der Waals surface area (Å²) >= 11 is 3.41. The second-order valence-electron chi connectivity index (χ2n) is 2.99. The van der Waals surface area contributed by atoms with E-state index in [9.17, 15) is 4.79 Å². The van der Waals surface area contributed by atoms with Gasteiger partial charge in [-0.1, -0.05) is 22.9 Å². The average Bonchev–Trinajstić information content (AvgIpc) is 2.09. The molecule has 3 heteroatoms. The van der Waals surface area contributed by atoms with E-state index in [-0.39, 0.29) is 5.43 Å².